The Morgan fingerprint density at radius 2 is 0.632 bits per heavy atom. The number of hydrogen-bond donors (Lipinski definition) is 2. The minimum Gasteiger partial charge on any atom is -0.513 e. The van der Waals surface area contributed by atoms with Crippen molar-refractivity contribution in [2.75, 3.05) is 0 Å². The molecule has 2 aliphatic carbocycles. The average molecular weight is 294 g/mol. The summed E-state index contributed by atoms with van der Waals surface area (Å²) in [6.45, 7) is 9.28. The van der Waals surface area contributed by atoms with Gasteiger partial charge >= 0.3 is 21.7 Å². The molecule has 2 N–H and O–H groups in total. The molecule has 2 nitrogen and oxygen atoms in total. The quantitative estimate of drug-likeness (QED) is 0.519. The number of allylic oxidation sites excluding steroid dienone is 2. The van der Waals surface area contributed by atoms with Crippen LogP contribution in [0.25, 0.3) is 0 Å². The Morgan fingerprint density at radius 1 is 0.579 bits per heavy atom. The molecular formula is C16H22O2Ti+2. The summed E-state index contributed by atoms with van der Waals surface area (Å²) < 4.78 is 0. The Hall–Kier alpha value is -0.206. The van der Waals surface area contributed by atoms with Crippen LogP contribution in [0.5, 0.6) is 0 Å². The van der Waals surface area contributed by atoms with Gasteiger partial charge in [0.15, 0.2) is 0 Å². The van der Waals surface area contributed by atoms with E-state index < -0.39 is 0 Å². The van der Waals surface area contributed by atoms with Crippen LogP contribution in [0, 0.1) is 64.2 Å². The fourth-order valence-electron chi connectivity index (χ4n) is 0.642. The maximum absolute atomic E-state index is 7.86. The van der Waals surface area contributed by atoms with Gasteiger partial charge in [-0.25, -0.2) is 0 Å². The first-order valence-corrected chi connectivity index (χ1v) is 5.49. The normalized spacial score (nSPS) is 15.3. The summed E-state index contributed by atoms with van der Waals surface area (Å²) >= 11 is 0. The standard InChI is InChI=1S/2C5H5.2C3H6O.Ti/c2*1-2-4-5-3-1;2*1-3(2)4;/h2*1-5H;2*4H,1H2,2H3;/q;;;;+2. The Bertz CT molecular complexity index is 150. The zero-order chi connectivity index (χ0) is 14.2. The molecule has 0 bridgehead atoms. The zero-order valence-electron chi connectivity index (χ0n) is 11.6. The molecule has 0 aromatic rings. The van der Waals surface area contributed by atoms with Gasteiger partial charge in [0, 0.05) is 0 Å². The minimum absolute atomic E-state index is 0. The van der Waals surface area contributed by atoms with E-state index in [1.807, 2.05) is 64.2 Å². The Balaban J connectivity index is -0.000000178. The van der Waals surface area contributed by atoms with Gasteiger partial charge in [-0.3, -0.25) is 0 Å². The summed E-state index contributed by atoms with van der Waals surface area (Å²) in [5.41, 5.74) is 0. The summed E-state index contributed by atoms with van der Waals surface area (Å²) in [6, 6.07) is 0. The van der Waals surface area contributed by atoms with E-state index in [1.165, 1.54) is 13.8 Å². The third-order valence-electron chi connectivity index (χ3n) is 1.11. The van der Waals surface area contributed by atoms with Gasteiger partial charge in [0.05, 0.1) is 11.5 Å². The Labute approximate surface area is 134 Å². The van der Waals surface area contributed by atoms with Gasteiger partial charge in [-0.15, -0.1) is 0 Å². The molecule has 0 aromatic carbocycles. The molecule has 2 saturated carbocycles. The largest absolute Gasteiger partial charge is 2.00 e. The maximum atomic E-state index is 7.86. The molecule has 0 saturated heterocycles. The van der Waals surface area contributed by atoms with Crippen molar-refractivity contribution >= 4 is 0 Å². The fraction of sp³-hybridized carbons (Fsp3) is 0.125. The number of rotatable bonds is 0. The maximum Gasteiger partial charge on any atom is 2.00 e. The molecule has 0 aromatic heterocycles. The summed E-state index contributed by atoms with van der Waals surface area (Å²) in [7, 11) is 0. The van der Waals surface area contributed by atoms with Crippen molar-refractivity contribution in [3.05, 3.63) is 88.9 Å². The summed E-state index contributed by atoms with van der Waals surface area (Å²) in [5.74, 6) is 0.333. The second-order valence-electron chi connectivity index (χ2n) is 3.40. The molecule has 0 amide bonds. The van der Waals surface area contributed by atoms with Gasteiger partial charge in [0.25, 0.3) is 0 Å². The molecule has 0 spiro atoms. The first-order valence-electron chi connectivity index (χ1n) is 5.49. The zero-order valence-corrected chi connectivity index (χ0v) is 13.1. The molecule has 0 heterocycles. The van der Waals surface area contributed by atoms with Gasteiger partial charge in [0.1, 0.15) is 0 Å². The van der Waals surface area contributed by atoms with E-state index in [1.54, 1.807) is 0 Å². The third-order valence-corrected chi connectivity index (χ3v) is 1.11. The predicted octanol–water partition coefficient (Wildman–Crippen LogP) is 4.20. The van der Waals surface area contributed by atoms with E-state index in [9.17, 15) is 0 Å². The smallest absolute Gasteiger partial charge is 0.513 e. The molecule has 19 heavy (non-hydrogen) atoms. The van der Waals surface area contributed by atoms with Gasteiger partial charge in [-0.05, 0) is 78.1 Å². The van der Waals surface area contributed by atoms with E-state index >= 15 is 0 Å². The Morgan fingerprint density at radius 3 is 0.684 bits per heavy atom. The SMILES string of the molecule is C=C(C)O.C=C(C)O.[CH]1[CH][CH][CH][CH]1.[CH]1[CH][CH][CH][CH]1.[Ti+2]. The average Bonchev–Trinajstić information content (AvgIpc) is 2.96. The summed E-state index contributed by atoms with van der Waals surface area (Å²) in [5, 5.41) is 15.7. The van der Waals surface area contributed by atoms with Crippen LogP contribution in [-0.4, -0.2) is 10.2 Å². The van der Waals surface area contributed by atoms with E-state index in [-0.39, 0.29) is 33.2 Å². The van der Waals surface area contributed by atoms with Crippen LogP contribution in [0.1, 0.15) is 13.8 Å². The van der Waals surface area contributed by atoms with Crippen molar-refractivity contribution in [2.45, 2.75) is 13.8 Å². The first kappa shape index (κ1) is 23.9. The van der Waals surface area contributed by atoms with Crippen molar-refractivity contribution in [2.24, 2.45) is 0 Å². The molecule has 10 radical (unpaired) electrons. The third kappa shape index (κ3) is 46.3. The molecule has 3 heteroatoms. The molecule has 0 atom stereocenters. The van der Waals surface area contributed by atoms with E-state index in [2.05, 4.69) is 13.2 Å². The molecule has 100 valence electrons. The second kappa shape index (κ2) is 20.1. The van der Waals surface area contributed by atoms with E-state index in [0.29, 0.717) is 0 Å². The minimum atomic E-state index is 0. The Kier molecular flexibility index (Phi) is 25.3. The van der Waals surface area contributed by atoms with Crippen molar-refractivity contribution in [1.29, 1.82) is 0 Å². The number of aliphatic hydroxyl groups excluding tert-OH is 2. The first-order chi connectivity index (χ1) is 8.46. The summed E-state index contributed by atoms with van der Waals surface area (Å²) in [4.78, 5) is 0. The van der Waals surface area contributed by atoms with E-state index in [4.69, 9.17) is 10.2 Å². The second-order valence-corrected chi connectivity index (χ2v) is 3.40. The van der Waals surface area contributed by atoms with Crippen LogP contribution < -0.4 is 0 Å². The van der Waals surface area contributed by atoms with Crippen molar-refractivity contribution in [3.8, 4) is 0 Å². The van der Waals surface area contributed by atoms with Gasteiger partial charge in [-0.2, -0.15) is 0 Å². The molecule has 0 aliphatic heterocycles. The van der Waals surface area contributed by atoms with Crippen LogP contribution in [0.15, 0.2) is 24.7 Å². The molecule has 2 fully saturated rings. The molecule has 2 rings (SSSR count). The van der Waals surface area contributed by atoms with Crippen LogP contribution in [-0.2, 0) is 21.7 Å². The number of aliphatic hydroxyl groups is 2. The van der Waals surface area contributed by atoms with Crippen LogP contribution >= 0.6 is 0 Å². The number of hydrogen-bond acceptors (Lipinski definition) is 2. The van der Waals surface area contributed by atoms with Gasteiger partial charge < -0.3 is 10.2 Å². The van der Waals surface area contributed by atoms with Crippen molar-refractivity contribution < 1.29 is 31.9 Å². The van der Waals surface area contributed by atoms with Crippen molar-refractivity contribution in [1.82, 2.24) is 0 Å². The van der Waals surface area contributed by atoms with Crippen LogP contribution in [0.3, 0.4) is 0 Å². The summed E-state index contributed by atoms with van der Waals surface area (Å²) in [6.07, 6.45) is 20.0. The monoisotopic (exact) mass is 294 g/mol. The fourth-order valence-corrected chi connectivity index (χ4v) is 0.642. The topological polar surface area (TPSA) is 40.5 Å². The van der Waals surface area contributed by atoms with E-state index in [0.717, 1.165) is 0 Å². The molecular weight excluding hydrogens is 272 g/mol. The molecule has 2 aliphatic rings. The van der Waals surface area contributed by atoms with Gasteiger partial charge in [0.2, 0.25) is 0 Å². The predicted molar refractivity (Wildman–Crippen MR) is 77.9 cm³/mol. The van der Waals surface area contributed by atoms with Crippen LogP contribution in [0.2, 0.25) is 0 Å². The van der Waals surface area contributed by atoms with Crippen LogP contribution in [0.4, 0.5) is 0 Å². The molecule has 0 unspecified atom stereocenters. The van der Waals surface area contributed by atoms with Gasteiger partial charge in [-0.1, -0.05) is 13.2 Å². The van der Waals surface area contributed by atoms with Crippen molar-refractivity contribution in [3.63, 3.8) is 0 Å².